The molecule has 2 N–H and O–H groups in total. The summed E-state index contributed by atoms with van der Waals surface area (Å²) in [6.07, 6.45) is -10.0. The van der Waals surface area contributed by atoms with Gasteiger partial charge in [-0.1, -0.05) is 0 Å². The van der Waals surface area contributed by atoms with Crippen LogP contribution in [0.3, 0.4) is 0 Å². The van der Waals surface area contributed by atoms with Gasteiger partial charge in [0.05, 0.1) is 5.69 Å². The number of nitrogens with two attached hydrogens (primary N) is 1. The minimum atomic E-state index is -5.69. The molecule has 0 aliphatic rings. The molecule has 1 aromatic rings. The van der Waals surface area contributed by atoms with Crippen LogP contribution in [0.4, 0.5) is 36.4 Å². The molecule has 0 radical (unpaired) electrons. The molecule has 0 bridgehead atoms. The van der Waals surface area contributed by atoms with Gasteiger partial charge in [0.1, 0.15) is 5.82 Å². The van der Waals surface area contributed by atoms with Crippen LogP contribution >= 0.6 is 11.8 Å². The van der Waals surface area contributed by atoms with Gasteiger partial charge in [0.25, 0.3) is 6.17 Å². The Morgan fingerprint density at radius 3 is 2.11 bits per heavy atom. The van der Waals surface area contributed by atoms with Crippen LogP contribution in [-0.2, 0) is 0 Å². The third kappa shape index (κ3) is 3.44. The van der Waals surface area contributed by atoms with Gasteiger partial charge in [-0.05, 0) is 30.0 Å². The zero-order chi connectivity index (χ0) is 14.1. The number of rotatable bonds is 3. The van der Waals surface area contributed by atoms with E-state index in [9.17, 15) is 30.7 Å². The van der Waals surface area contributed by atoms with Crippen LogP contribution in [0.25, 0.3) is 0 Å². The van der Waals surface area contributed by atoms with Gasteiger partial charge in [0.2, 0.25) is 0 Å². The van der Waals surface area contributed by atoms with Crippen molar-refractivity contribution in [1.29, 1.82) is 0 Å². The largest absolute Gasteiger partial charge is 0.426 e. The van der Waals surface area contributed by atoms with Gasteiger partial charge in [-0.2, -0.15) is 22.0 Å². The quantitative estimate of drug-likeness (QED) is 0.518. The maximum absolute atomic E-state index is 12.9. The first-order chi connectivity index (χ1) is 8.04. The van der Waals surface area contributed by atoms with Crippen LogP contribution in [0.2, 0.25) is 0 Å². The van der Waals surface area contributed by atoms with E-state index in [1.165, 1.54) is 0 Å². The van der Waals surface area contributed by atoms with Crippen LogP contribution < -0.4 is 5.73 Å². The minimum absolute atomic E-state index is 0.352. The van der Waals surface area contributed by atoms with Crippen LogP contribution in [0, 0.1) is 5.82 Å². The second-order valence-electron chi connectivity index (χ2n) is 3.25. The van der Waals surface area contributed by atoms with Crippen LogP contribution in [-0.4, -0.2) is 17.6 Å². The fraction of sp³-hybridized carbons (Fsp3) is 0.333. The van der Waals surface area contributed by atoms with Crippen molar-refractivity contribution in [3.8, 4) is 0 Å². The summed E-state index contributed by atoms with van der Waals surface area (Å²) in [4.78, 5) is -0.557. The first kappa shape index (κ1) is 14.9. The molecule has 0 aromatic heterocycles. The fourth-order valence-electron chi connectivity index (χ4n) is 0.971. The molecule has 102 valence electrons. The molecule has 0 heterocycles. The fourth-order valence-corrected chi connectivity index (χ4v) is 1.82. The number of anilines is 1. The van der Waals surface area contributed by atoms with Gasteiger partial charge in [-0.3, -0.25) is 0 Å². The summed E-state index contributed by atoms with van der Waals surface area (Å²) in [5.74, 6) is -1.07. The lowest BCUT2D eigenvalue weighted by Gasteiger charge is -2.21. The standard InChI is InChI=1S/C9H6F7NS/c10-5-3-4(1-2-6(5)17)18-9(15,16)7(11)8(12,13)14/h1-3,7H,17H2. The number of thioether (sulfide) groups is 1. The molecular formula is C9H6F7NS. The number of hydrogen-bond acceptors (Lipinski definition) is 2. The maximum Gasteiger partial charge on any atom is 0.426 e. The first-order valence-electron chi connectivity index (χ1n) is 4.36. The predicted octanol–water partition coefficient (Wildman–Crippen LogP) is 3.99. The lowest BCUT2D eigenvalue weighted by Crippen LogP contribution is -2.39. The first-order valence-corrected chi connectivity index (χ1v) is 5.18. The Kier molecular flexibility index (Phi) is 4.04. The van der Waals surface area contributed by atoms with Gasteiger partial charge in [0, 0.05) is 4.90 Å². The molecule has 0 saturated carbocycles. The summed E-state index contributed by atoms with van der Waals surface area (Å²) < 4.78 is 86.8. The molecule has 18 heavy (non-hydrogen) atoms. The monoisotopic (exact) mass is 293 g/mol. The summed E-state index contributed by atoms with van der Waals surface area (Å²) >= 11 is -0.720. The molecule has 1 unspecified atom stereocenters. The van der Waals surface area contributed by atoms with E-state index in [4.69, 9.17) is 5.73 Å². The molecule has 1 aromatic carbocycles. The van der Waals surface area contributed by atoms with Crippen molar-refractivity contribution in [2.24, 2.45) is 0 Å². The minimum Gasteiger partial charge on any atom is -0.396 e. The molecule has 9 heteroatoms. The smallest absolute Gasteiger partial charge is 0.396 e. The molecule has 0 spiro atoms. The third-order valence-corrected chi connectivity index (χ3v) is 2.78. The predicted molar refractivity (Wildman–Crippen MR) is 52.6 cm³/mol. The normalized spacial score (nSPS) is 14.6. The number of benzene rings is 1. The average molecular weight is 293 g/mol. The van der Waals surface area contributed by atoms with Gasteiger partial charge < -0.3 is 5.73 Å². The highest BCUT2D eigenvalue weighted by Crippen LogP contribution is 2.45. The molecule has 1 rings (SSSR count). The number of nitrogen functional groups attached to an aromatic ring is 1. The lowest BCUT2D eigenvalue weighted by molar-refractivity contribution is -0.219. The lowest BCUT2D eigenvalue weighted by atomic mass is 10.3. The number of alkyl halides is 6. The van der Waals surface area contributed by atoms with Crippen molar-refractivity contribution in [1.82, 2.24) is 0 Å². The summed E-state index contributed by atoms with van der Waals surface area (Å²) in [6, 6.07) is 2.28. The molecule has 0 aliphatic carbocycles. The van der Waals surface area contributed by atoms with E-state index in [1.807, 2.05) is 0 Å². The zero-order valence-electron chi connectivity index (χ0n) is 8.44. The molecular weight excluding hydrogens is 287 g/mol. The zero-order valence-corrected chi connectivity index (χ0v) is 9.26. The Bertz CT molecular complexity index is 431. The Balaban J connectivity index is 2.91. The van der Waals surface area contributed by atoms with Crippen molar-refractivity contribution in [3.05, 3.63) is 24.0 Å². The highest BCUT2D eigenvalue weighted by Gasteiger charge is 2.57. The van der Waals surface area contributed by atoms with Gasteiger partial charge in [0.15, 0.2) is 0 Å². The maximum atomic E-state index is 12.9. The third-order valence-electron chi connectivity index (χ3n) is 1.81. The van der Waals surface area contributed by atoms with Crippen molar-refractivity contribution >= 4 is 17.4 Å². The van der Waals surface area contributed by atoms with Crippen molar-refractivity contribution in [2.45, 2.75) is 22.5 Å². The summed E-state index contributed by atoms with van der Waals surface area (Å²) in [5, 5.41) is -4.75. The van der Waals surface area contributed by atoms with E-state index in [0.717, 1.165) is 12.1 Å². The van der Waals surface area contributed by atoms with E-state index in [2.05, 4.69) is 0 Å². The van der Waals surface area contributed by atoms with Crippen molar-refractivity contribution in [2.75, 3.05) is 5.73 Å². The Morgan fingerprint density at radius 1 is 1.11 bits per heavy atom. The number of halogens is 7. The molecule has 1 atom stereocenters. The van der Waals surface area contributed by atoms with Crippen LogP contribution in [0.1, 0.15) is 0 Å². The Labute approximate surface area is 101 Å². The van der Waals surface area contributed by atoms with Gasteiger partial charge in [-0.15, -0.1) is 0 Å². The van der Waals surface area contributed by atoms with Gasteiger partial charge in [-0.25, -0.2) is 8.78 Å². The Hall–Kier alpha value is -1.12. The van der Waals surface area contributed by atoms with E-state index in [1.54, 1.807) is 0 Å². The average Bonchev–Trinajstić information content (AvgIpc) is 2.20. The molecule has 0 saturated heterocycles. The molecule has 0 fully saturated rings. The molecule has 1 nitrogen and oxygen atoms in total. The molecule has 0 aliphatic heterocycles. The van der Waals surface area contributed by atoms with Crippen molar-refractivity contribution in [3.63, 3.8) is 0 Å². The topological polar surface area (TPSA) is 26.0 Å². The van der Waals surface area contributed by atoms with E-state index in [0.29, 0.717) is 6.07 Å². The van der Waals surface area contributed by atoms with E-state index < -0.39 is 40.1 Å². The SMILES string of the molecule is Nc1ccc(SC(F)(F)C(F)C(F)(F)F)cc1F. The van der Waals surface area contributed by atoms with Crippen LogP contribution in [0.5, 0.6) is 0 Å². The van der Waals surface area contributed by atoms with Crippen LogP contribution in [0.15, 0.2) is 23.1 Å². The highest BCUT2D eigenvalue weighted by atomic mass is 32.2. The van der Waals surface area contributed by atoms with E-state index >= 15 is 0 Å². The second kappa shape index (κ2) is 4.87. The van der Waals surface area contributed by atoms with E-state index in [-0.39, 0.29) is 5.69 Å². The summed E-state index contributed by atoms with van der Waals surface area (Å²) in [5.41, 5.74) is 4.70. The summed E-state index contributed by atoms with van der Waals surface area (Å²) in [7, 11) is 0. The van der Waals surface area contributed by atoms with Crippen molar-refractivity contribution < 1.29 is 30.7 Å². The molecule has 0 amide bonds. The Morgan fingerprint density at radius 2 is 1.67 bits per heavy atom. The second-order valence-corrected chi connectivity index (χ2v) is 4.47. The number of hydrogen-bond donors (Lipinski definition) is 1. The highest BCUT2D eigenvalue weighted by molar-refractivity contribution is 8.00. The van der Waals surface area contributed by atoms with Gasteiger partial charge >= 0.3 is 11.4 Å². The summed E-state index contributed by atoms with van der Waals surface area (Å²) in [6.45, 7) is 0.